The second-order valence-corrected chi connectivity index (χ2v) is 8.64. The fraction of sp³-hybridized carbons (Fsp3) is 0.650. The van der Waals surface area contributed by atoms with Crippen LogP contribution in [0.1, 0.15) is 39.9 Å². The molecule has 0 bridgehead atoms. The maximum absolute atomic E-state index is 6.97. The number of fused-ring (bicyclic) bond motifs is 1. The summed E-state index contributed by atoms with van der Waals surface area (Å²) in [5, 5.41) is 0. The average molecular weight is 421 g/mol. The van der Waals surface area contributed by atoms with Gasteiger partial charge in [-0.1, -0.05) is 0 Å². The minimum Gasteiger partial charge on any atom is -0.377 e. The third kappa shape index (κ3) is 6.70. The van der Waals surface area contributed by atoms with E-state index in [-0.39, 0.29) is 0 Å². The minimum absolute atomic E-state index is 0.299. The lowest BCUT2D eigenvalue weighted by Crippen LogP contribution is -2.33. The summed E-state index contributed by atoms with van der Waals surface area (Å²) in [4.78, 5) is 12.1. The summed E-state index contributed by atoms with van der Waals surface area (Å²) in [6.45, 7) is 18.1. The average Bonchev–Trinajstić information content (AvgIpc) is 3.02. The van der Waals surface area contributed by atoms with Crippen LogP contribution in [0.2, 0.25) is 0 Å². The first kappa shape index (κ1) is 23.7. The topological polar surface area (TPSA) is 66.0 Å². The molecule has 2 heterocycles. The number of pyridine rings is 1. The van der Waals surface area contributed by atoms with Crippen molar-refractivity contribution in [2.24, 2.45) is 0 Å². The molecule has 0 spiro atoms. The fourth-order valence-electron chi connectivity index (χ4n) is 3.19. The molecule has 0 fully saturated rings. The van der Waals surface area contributed by atoms with E-state index < -0.39 is 8.53 Å². The second kappa shape index (κ2) is 12.2. The molecule has 0 amide bonds. The molecule has 9 heteroatoms. The summed E-state index contributed by atoms with van der Waals surface area (Å²) < 4.78 is 21.8. The Kier molecular flexibility index (Phi) is 9.92. The van der Waals surface area contributed by atoms with E-state index in [1.165, 1.54) is 0 Å². The summed E-state index contributed by atoms with van der Waals surface area (Å²) in [7, 11) is 0.470. The van der Waals surface area contributed by atoms with Crippen molar-refractivity contribution < 1.29 is 13.8 Å². The van der Waals surface area contributed by atoms with E-state index in [4.69, 9.17) is 20.4 Å². The van der Waals surface area contributed by atoms with Crippen molar-refractivity contribution in [1.82, 2.24) is 19.2 Å². The smallest absolute Gasteiger partial charge is 0.259 e. The molecule has 0 aliphatic carbocycles. The molecule has 0 aromatic carbocycles. The predicted octanol–water partition coefficient (Wildman–Crippen LogP) is 4.27. The number of methoxy groups -OCH3 is 1. The van der Waals surface area contributed by atoms with Gasteiger partial charge in [-0.2, -0.15) is 0 Å². The van der Waals surface area contributed by atoms with E-state index in [9.17, 15) is 0 Å². The molecule has 160 valence electrons. The van der Waals surface area contributed by atoms with Gasteiger partial charge in [0.05, 0.1) is 18.3 Å². The predicted molar refractivity (Wildman–Crippen MR) is 115 cm³/mol. The molecule has 2 aromatic heterocycles. The highest BCUT2D eigenvalue weighted by Gasteiger charge is 2.27. The molecule has 1 atom stereocenters. The third-order valence-corrected chi connectivity index (χ3v) is 6.39. The number of aromatic nitrogens is 3. The van der Waals surface area contributed by atoms with Gasteiger partial charge in [0, 0.05) is 31.9 Å². The Labute approximate surface area is 175 Å². The van der Waals surface area contributed by atoms with Crippen LogP contribution in [0.4, 0.5) is 0 Å². The van der Waals surface area contributed by atoms with Gasteiger partial charge in [0.2, 0.25) is 6.54 Å². The molecule has 0 aliphatic heterocycles. The lowest BCUT2D eigenvalue weighted by Gasteiger charge is -2.35. The summed E-state index contributed by atoms with van der Waals surface area (Å²) in [6, 6.07) is 2.57. The maximum Gasteiger partial charge on any atom is 0.259 e. The number of hydrogen-bond donors (Lipinski definition) is 0. The summed E-state index contributed by atoms with van der Waals surface area (Å²) in [6.07, 6.45) is 4.37. The highest BCUT2D eigenvalue weighted by atomic mass is 31.2. The van der Waals surface area contributed by atoms with Crippen LogP contribution in [0.15, 0.2) is 18.5 Å². The van der Waals surface area contributed by atoms with E-state index in [0.29, 0.717) is 38.4 Å². The largest absolute Gasteiger partial charge is 0.377 e. The van der Waals surface area contributed by atoms with E-state index in [1.807, 2.05) is 6.07 Å². The molecule has 8 nitrogen and oxygen atoms in total. The molecule has 1 unspecified atom stereocenters. The maximum atomic E-state index is 6.97. The number of nitrogens with zero attached hydrogens (tertiary/aromatic N) is 5. The monoisotopic (exact) mass is 421 g/mol. The molecule has 0 aliphatic rings. The van der Waals surface area contributed by atoms with Crippen molar-refractivity contribution in [2.45, 2.75) is 59.4 Å². The summed E-state index contributed by atoms with van der Waals surface area (Å²) in [5.41, 5.74) is 1.92. The fourth-order valence-corrected chi connectivity index (χ4v) is 4.81. The first-order chi connectivity index (χ1) is 14.0. The van der Waals surface area contributed by atoms with E-state index in [1.54, 1.807) is 19.5 Å². The van der Waals surface area contributed by atoms with E-state index in [0.717, 1.165) is 29.8 Å². The van der Waals surface area contributed by atoms with Crippen LogP contribution in [-0.4, -0.2) is 58.2 Å². The van der Waals surface area contributed by atoms with Gasteiger partial charge in [-0.25, -0.2) is 16.2 Å². The number of rotatable bonds is 13. The number of ether oxygens (including phenoxy) is 1. The molecule has 0 saturated heterocycles. The number of imidazole rings is 1. The summed E-state index contributed by atoms with van der Waals surface area (Å²) >= 11 is 0. The number of aryl methyl sites for hydroxylation is 1. The van der Waals surface area contributed by atoms with Crippen molar-refractivity contribution in [3.8, 4) is 0 Å². The highest BCUT2D eigenvalue weighted by Crippen LogP contribution is 2.45. The molecule has 2 aromatic rings. The zero-order chi connectivity index (χ0) is 21.2. The quantitative estimate of drug-likeness (QED) is 0.273. The van der Waals surface area contributed by atoms with Crippen molar-refractivity contribution in [2.75, 3.05) is 26.9 Å². The first-order valence-electron chi connectivity index (χ1n) is 9.95. The van der Waals surface area contributed by atoms with Crippen molar-refractivity contribution in [1.29, 1.82) is 0 Å². The lowest BCUT2D eigenvalue weighted by atomic mass is 10.3. The Morgan fingerprint density at radius 3 is 2.59 bits per heavy atom. The summed E-state index contributed by atoms with van der Waals surface area (Å²) in [5.74, 6) is 0.886. The normalized spacial score (nSPS) is 12.9. The van der Waals surface area contributed by atoms with Gasteiger partial charge in [-0.3, -0.25) is 4.98 Å². The van der Waals surface area contributed by atoms with Gasteiger partial charge < -0.3 is 23.2 Å². The third-order valence-electron chi connectivity index (χ3n) is 4.28. The van der Waals surface area contributed by atoms with Crippen LogP contribution in [0.5, 0.6) is 0 Å². The van der Waals surface area contributed by atoms with Gasteiger partial charge in [0.1, 0.15) is 24.6 Å². The molecule has 0 radical (unpaired) electrons. The van der Waals surface area contributed by atoms with Crippen LogP contribution in [-0.2, 0) is 26.9 Å². The van der Waals surface area contributed by atoms with Gasteiger partial charge >= 0.3 is 0 Å². The SMILES string of the molecule is [C-]#[N+]CCOP(OCCCn1c(COC)nc2cnccc21)N(C(C)C)C(C)C. The standard InChI is InChI=1S/C20H32N5O3P/c1-16(2)25(17(3)4)29(28-13-10-21-5)27-12-7-11-24-19-8-9-22-14-18(19)23-20(24)15-26-6/h8-9,14,16-17H,7,10-13,15H2,1-4,6H3. The minimum atomic E-state index is -1.20. The van der Waals surface area contributed by atoms with Crippen LogP contribution >= 0.6 is 8.53 Å². The van der Waals surface area contributed by atoms with Crippen LogP contribution in [0.3, 0.4) is 0 Å². The van der Waals surface area contributed by atoms with Crippen molar-refractivity contribution >= 4 is 19.6 Å². The van der Waals surface area contributed by atoms with E-state index >= 15 is 0 Å². The van der Waals surface area contributed by atoms with Crippen LogP contribution in [0.25, 0.3) is 15.9 Å². The van der Waals surface area contributed by atoms with Gasteiger partial charge in [0.25, 0.3) is 8.53 Å². The van der Waals surface area contributed by atoms with Gasteiger partial charge in [-0.05, 0) is 40.2 Å². The highest BCUT2D eigenvalue weighted by molar-refractivity contribution is 7.44. The molecule has 29 heavy (non-hydrogen) atoms. The number of hydrogen-bond acceptors (Lipinski definition) is 6. The zero-order valence-corrected chi connectivity index (χ0v) is 18.9. The van der Waals surface area contributed by atoms with Crippen LogP contribution in [0, 0.1) is 6.57 Å². The molecule has 0 saturated carbocycles. The Morgan fingerprint density at radius 2 is 1.93 bits per heavy atom. The Hall–Kier alpha value is -1.62. The van der Waals surface area contributed by atoms with E-state index in [2.05, 4.69) is 51.7 Å². The molecule has 0 N–H and O–H groups in total. The Morgan fingerprint density at radius 1 is 1.21 bits per heavy atom. The van der Waals surface area contributed by atoms with Gasteiger partial charge in [0.15, 0.2) is 0 Å². The Balaban J connectivity index is 2.01. The van der Waals surface area contributed by atoms with Gasteiger partial charge in [-0.15, -0.1) is 0 Å². The van der Waals surface area contributed by atoms with Crippen LogP contribution < -0.4 is 0 Å². The zero-order valence-electron chi connectivity index (χ0n) is 18.0. The molecular formula is C20H32N5O3P. The van der Waals surface area contributed by atoms with Crippen molar-refractivity contribution in [3.05, 3.63) is 35.7 Å². The molecular weight excluding hydrogens is 389 g/mol. The molecule has 2 rings (SSSR count). The first-order valence-corrected chi connectivity index (χ1v) is 11.1. The lowest BCUT2D eigenvalue weighted by molar-refractivity contribution is 0.169. The Bertz CT molecular complexity index is 782. The second-order valence-electron chi connectivity index (χ2n) is 7.18. The van der Waals surface area contributed by atoms with Crippen molar-refractivity contribution in [3.63, 3.8) is 0 Å².